The van der Waals surface area contributed by atoms with Crippen LogP contribution >= 0.6 is 22.9 Å². The first kappa shape index (κ1) is 13.6. The molecule has 2 aromatic rings. The zero-order valence-electron chi connectivity index (χ0n) is 11.1. The molecule has 0 aliphatic heterocycles. The van der Waals surface area contributed by atoms with Crippen molar-refractivity contribution < 1.29 is 4.79 Å². The molecule has 104 valence electrons. The van der Waals surface area contributed by atoms with Crippen molar-refractivity contribution in [2.45, 2.75) is 32.1 Å². The fraction of sp³-hybridized carbons (Fsp3) is 0.333. The summed E-state index contributed by atoms with van der Waals surface area (Å²) in [5.41, 5.74) is 2.75. The zero-order valence-corrected chi connectivity index (χ0v) is 12.7. The Bertz CT molecular complexity index is 653. The number of fused-ring (bicyclic) bond motifs is 1. The van der Waals surface area contributed by atoms with Gasteiger partial charge in [-0.3, -0.25) is 4.79 Å². The third-order valence-electron chi connectivity index (χ3n) is 3.60. The van der Waals surface area contributed by atoms with Crippen LogP contribution in [-0.4, -0.2) is 10.9 Å². The first-order valence-electron chi connectivity index (χ1n) is 6.64. The average Bonchev–Trinajstić information content (AvgIpc) is 2.91. The summed E-state index contributed by atoms with van der Waals surface area (Å²) < 4.78 is 0. The first-order valence-corrected chi connectivity index (χ1v) is 7.90. The van der Waals surface area contributed by atoms with Crippen molar-refractivity contribution >= 4 is 34.5 Å². The van der Waals surface area contributed by atoms with Gasteiger partial charge in [-0.2, -0.15) is 0 Å². The van der Waals surface area contributed by atoms with Gasteiger partial charge >= 0.3 is 0 Å². The average molecular weight is 307 g/mol. The molecule has 0 bridgehead atoms. The highest BCUT2D eigenvalue weighted by atomic mass is 35.5. The predicted molar refractivity (Wildman–Crippen MR) is 82.6 cm³/mol. The quantitative estimate of drug-likeness (QED) is 0.846. The fourth-order valence-corrected chi connectivity index (χ4v) is 3.76. The molecular formula is C15H15ClN2OS. The molecule has 1 unspecified atom stereocenters. The summed E-state index contributed by atoms with van der Waals surface area (Å²) in [4.78, 5) is 17.9. The molecule has 5 heteroatoms. The van der Waals surface area contributed by atoms with Crippen LogP contribution in [0.2, 0.25) is 5.15 Å². The summed E-state index contributed by atoms with van der Waals surface area (Å²) in [6.45, 7) is 1.93. The van der Waals surface area contributed by atoms with E-state index < -0.39 is 0 Å². The number of pyridine rings is 1. The monoisotopic (exact) mass is 306 g/mol. The highest BCUT2D eigenvalue weighted by molar-refractivity contribution is 7.10. The van der Waals surface area contributed by atoms with Gasteiger partial charge < -0.3 is 5.32 Å². The SMILES string of the molecule is Cc1cnc(Cl)c(NC(=O)C2CCCc3sccc32)c1. The zero-order chi connectivity index (χ0) is 14.1. The van der Waals surface area contributed by atoms with E-state index in [9.17, 15) is 4.79 Å². The fourth-order valence-electron chi connectivity index (χ4n) is 2.62. The molecule has 20 heavy (non-hydrogen) atoms. The second-order valence-electron chi connectivity index (χ2n) is 5.08. The number of nitrogens with zero attached hydrogens (tertiary/aromatic N) is 1. The van der Waals surface area contributed by atoms with Gasteiger partial charge in [-0.1, -0.05) is 11.6 Å². The Kier molecular flexibility index (Phi) is 3.76. The minimum atomic E-state index is -0.0680. The highest BCUT2D eigenvalue weighted by Gasteiger charge is 2.27. The van der Waals surface area contributed by atoms with E-state index in [4.69, 9.17) is 11.6 Å². The Morgan fingerprint density at radius 3 is 3.25 bits per heavy atom. The van der Waals surface area contributed by atoms with Gasteiger partial charge in [-0.25, -0.2) is 4.98 Å². The Morgan fingerprint density at radius 1 is 1.55 bits per heavy atom. The minimum Gasteiger partial charge on any atom is -0.323 e. The largest absolute Gasteiger partial charge is 0.323 e. The lowest BCUT2D eigenvalue weighted by molar-refractivity contribution is -0.117. The molecule has 2 aromatic heterocycles. The van der Waals surface area contributed by atoms with E-state index in [0.717, 1.165) is 24.8 Å². The minimum absolute atomic E-state index is 0.0126. The van der Waals surface area contributed by atoms with Crippen molar-refractivity contribution in [1.29, 1.82) is 0 Å². The summed E-state index contributed by atoms with van der Waals surface area (Å²) in [5, 5.41) is 5.33. The number of rotatable bonds is 2. The molecule has 1 aliphatic carbocycles. The van der Waals surface area contributed by atoms with Gasteiger partial charge in [-0.05, 0) is 54.8 Å². The second kappa shape index (κ2) is 5.54. The molecule has 0 saturated carbocycles. The smallest absolute Gasteiger partial charge is 0.232 e. The number of aromatic nitrogens is 1. The molecule has 1 N–H and O–H groups in total. The number of anilines is 1. The molecule has 0 saturated heterocycles. The number of carbonyl (C=O) groups excluding carboxylic acids is 1. The van der Waals surface area contributed by atoms with Crippen LogP contribution in [0.3, 0.4) is 0 Å². The van der Waals surface area contributed by atoms with Gasteiger partial charge in [0.25, 0.3) is 0 Å². The Hall–Kier alpha value is -1.39. The van der Waals surface area contributed by atoms with E-state index in [1.54, 1.807) is 17.5 Å². The normalized spacial score (nSPS) is 17.6. The number of amides is 1. The van der Waals surface area contributed by atoms with E-state index in [2.05, 4.69) is 21.7 Å². The standard InChI is InChI=1S/C15H15ClN2OS/c1-9-7-12(14(16)17-8-9)18-15(19)11-3-2-4-13-10(11)5-6-20-13/h5-8,11H,2-4H2,1H3,(H,18,19). The van der Waals surface area contributed by atoms with Crippen LogP contribution in [0.4, 0.5) is 5.69 Å². The summed E-state index contributed by atoms with van der Waals surface area (Å²) in [6.07, 6.45) is 4.73. The molecular weight excluding hydrogens is 292 g/mol. The van der Waals surface area contributed by atoms with Crippen LogP contribution in [0.15, 0.2) is 23.7 Å². The maximum Gasteiger partial charge on any atom is 0.232 e. The number of hydrogen-bond donors (Lipinski definition) is 1. The van der Waals surface area contributed by atoms with E-state index in [-0.39, 0.29) is 11.8 Å². The van der Waals surface area contributed by atoms with E-state index in [1.165, 1.54) is 10.4 Å². The summed E-state index contributed by atoms with van der Waals surface area (Å²) in [5.74, 6) is -0.0553. The first-order chi connectivity index (χ1) is 9.65. The van der Waals surface area contributed by atoms with Crippen molar-refractivity contribution in [3.63, 3.8) is 0 Å². The maximum atomic E-state index is 12.5. The Balaban J connectivity index is 1.83. The summed E-state index contributed by atoms with van der Waals surface area (Å²) in [6, 6.07) is 3.92. The van der Waals surface area contributed by atoms with Crippen LogP contribution in [0, 0.1) is 6.92 Å². The van der Waals surface area contributed by atoms with Crippen molar-refractivity contribution in [2.24, 2.45) is 0 Å². The van der Waals surface area contributed by atoms with E-state index in [1.807, 2.05) is 13.0 Å². The lowest BCUT2D eigenvalue weighted by Gasteiger charge is -2.22. The second-order valence-corrected chi connectivity index (χ2v) is 6.44. The third kappa shape index (κ3) is 2.58. The highest BCUT2D eigenvalue weighted by Crippen LogP contribution is 2.36. The lowest BCUT2D eigenvalue weighted by atomic mass is 9.87. The molecule has 0 aromatic carbocycles. The van der Waals surface area contributed by atoms with Gasteiger partial charge in [0.1, 0.15) is 0 Å². The molecule has 0 fully saturated rings. The van der Waals surface area contributed by atoms with Gasteiger partial charge in [0, 0.05) is 11.1 Å². The number of carbonyl (C=O) groups is 1. The molecule has 3 rings (SSSR count). The van der Waals surface area contributed by atoms with Crippen LogP contribution < -0.4 is 5.32 Å². The Morgan fingerprint density at radius 2 is 2.40 bits per heavy atom. The number of thiophene rings is 1. The van der Waals surface area contributed by atoms with E-state index in [0.29, 0.717) is 10.8 Å². The molecule has 1 aliphatic rings. The third-order valence-corrected chi connectivity index (χ3v) is 4.90. The van der Waals surface area contributed by atoms with Crippen molar-refractivity contribution in [2.75, 3.05) is 5.32 Å². The molecule has 1 atom stereocenters. The molecule has 1 amide bonds. The van der Waals surface area contributed by atoms with Crippen molar-refractivity contribution in [3.8, 4) is 0 Å². The van der Waals surface area contributed by atoms with Crippen molar-refractivity contribution in [3.05, 3.63) is 44.9 Å². The topological polar surface area (TPSA) is 42.0 Å². The number of halogens is 1. The van der Waals surface area contributed by atoms with Crippen LogP contribution in [-0.2, 0) is 11.2 Å². The van der Waals surface area contributed by atoms with Crippen molar-refractivity contribution in [1.82, 2.24) is 4.98 Å². The summed E-state index contributed by atoms with van der Waals surface area (Å²) in [7, 11) is 0. The van der Waals surface area contributed by atoms with Gasteiger partial charge in [0.2, 0.25) is 5.91 Å². The maximum absolute atomic E-state index is 12.5. The van der Waals surface area contributed by atoms with Crippen LogP contribution in [0.25, 0.3) is 0 Å². The number of nitrogens with one attached hydrogen (secondary N) is 1. The molecule has 0 radical (unpaired) electrons. The molecule has 0 spiro atoms. The lowest BCUT2D eigenvalue weighted by Crippen LogP contribution is -2.24. The van der Waals surface area contributed by atoms with Gasteiger partial charge in [0.05, 0.1) is 11.6 Å². The van der Waals surface area contributed by atoms with Gasteiger partial charge in [-0.15, -0.1) is 11.3 Å². The van der Waals surface area contributed by atoms with Crippen LogP contribution in [0.5, 0.6) is 0 Å². The number of aryl methyl sites for hydroxylation is 2. The molecule has 2 heterocycles. The van der Waals surface area contributed by atoms with Crippen LogP contribution in [0.1, 0.15) is 34.8 Å². The number of hydrogen-bond acceptors (Lipinski definition) is 3. The van der Waals surface area contributed by atoms with E-state index >= 15 is 0 Å². The molecule has 3 nitrogen and oxygen atoms in total. The predicted octanol–water partition coefficient (Wildman–Crippen LogP) is 4.16. The summed E-state index contributed by atoms with van der Waals surface area (Å²) >= 11 is 7.77. The Labute approximate surface area is 127 Å². The van der Waals surface area contributed by atoms with Gasteiger partial charge in [0.15, 0.2) is 5.15 Å².